The zero-order valence-corrected chi connectivity index (χ0v) is 14.4. The van der Waals surface area contributed by atoms with Crippen molar-refractivity contribution >= 4 is 0 Å². The fourth-order valence-electron chi connectivity index (χ4n) is 2.12. The minimum atomic E-state index is 0.620. The first kappa shape index (κ1) is 20.1. The Balaban J connectivity index is 0.00000191. The van der Waals surface area contributed by atoms with Gasteiger partial charge in [-0.1, -0.05) is 52.0 Å². The van der Waals surface area contributed by atoms with E-state index in [1.807, 2.05) is 13.8 Å². The Kier molecular flexibility index (Phi) is 13.5. The summed E-state index contributed by atoms with van der Waals surface area (Å²) in [6.07, 6.45) is 3.62. The molecule has 0 saturated carbocycles. The van der Waals surface area contributed by atoms with E-state index in [4.69, 9.17) is 5.73 Å². The van der Waals surface area contributed by atoms with E-state index >= 15 is 0 Å². The molecule has 3 heteroatoms. The fraction of sp³-hybridized carbons (Fsp3) is 0.667. The smallest absolute Gasteiger partial charge is 0.0205 e. The first-order chi connectivity index (χ1) is 10.3. The summed E-state index contributed by atoms with van der Waals surface area (Å²) in [5.74, 6) is 0. The van der Waals surface area contributed by atoms with Gasteiger partial charge >= 0.3 is 0 Å². The first-order valence-corrected chi connectivity index (χ1v) is 8.52. The summed E-state index contributed by atoms with van der Waals surface area (Å²) in [6, 6.07) is 9.19. The maximum Gasteiger partial charge on any atom is 0.0205 e. The van der Waals surface area contributed by atoms with E-state index in [0.29, 0.717) is 12.6 Å². The average molecular weight is 293 g/mol. The van der Waals surface area contributed by atoms with Gasteiger partial charge in [0.15, 0.2) is 0 Å². The second kappa shape index (κ2) is 14.1. The highest BCUT2D eigenvalue weighted by Crippen LogP contribution is 2.03. The van der Waals surface area contributed by atoms with Crippen LogP contribution in [0.25, 0.3) is 0 Å². The van der Waals surface area contributed by atoms with E-state index in [1.54, 1.807) is 0 Å². The van der Waals surface area contributed by atoms with Crippen LogP contribution in [0, 0.1) is 0 Å². The molecular weight excluding hydrogens is 258 g/mol. The van der Waals surface area contributed by atoms with Crippen LogP contribution in [0.5, 0.6) is 0 Å². The summed E-state index contributed by atoms with van der Waals surface area (Å²) in [5.41, 5.74) is 8.10. The number of rotatable bonds is 10. The SMILES string of the molecule is CC.CCC(CC)NCCCNCc1ccc(CN)cc1. The van der Waals surface area contributed by atoms with E-state index in [-0.39, 0.29) is 0 Å². The van der Waals surface area contributed by atoms with Crippen molar-refractivity contribution in [1.29, 1.82) is 0 Å². The minimum Gasteiger partial charge on any atom is -0.326 e. The molecule has 0 radical (unpaired) electrons. The van der Waals surface area contributed by atoms with Gasteiger partial charge < -0.3 is 16.4 Å². The van der Waals surface area contributed by atoms with Crippen molar-refractivity contribution in [3.05, 3.63) is 35.4 Å². The molecule has 0 amide bonds. The molecule has 0 aliphatic rings. The third-order valence-corrected chi connectivity index (χ3v) is 3.54. The summed E-state index contributed by atoms with van der Waals surface area (Å²) < 4.78 is 0. The lowest BCUT2D eigenvalue weighted by atomic mass is 10.1. The van der Waals surface area contributed by atoms with Gasteiger partial charge in [0.2, 0.25) is 0 Å². The highest BCUT2D eigenvalue weighted by Gasteiger charge is 2.00. The summed E-state index contributed by atoms with van der Waals surface area (Å²) in [5, 5.41) is 7.06. The molecular formula is C18H35N3. The molecule has 0 aromatic heterocycles. The maximum atomic E-state index is 5.58. The number of nitrogens with one attached hydrogen (secondary N) is 2. The lowest BCUT2D eigenvalue weighted by molar-refractivity contribution is 0.472. The van der Waals surface area contributed by atoms with Gasteiger partial charge in [-0.15, -0.1) is 0 Å². The molecule has 4 N–H and O–H groups in total. The van der Waals surface area contributed by atoms with Gasteiger partial charge in [-0.25, -0.2) is 0 Å². The van der Waals surface area contributed by atoms with E-state index in [9.17, 15) is 0 Å². The van der Waals surface area contributed by atoms with Gasteiger partial charge in [-0.2, -0.15) is 0 Å². The third-order valence-electron chi connectivity index (χ3n) is 3.54. The maximum absolute atomic E-state index is 5.58. The number of nitrogens with two attached hydrogens (primary N) is 1. The van der Waals surface area contributed by atoms with Crippen LogP contribution < -0.4 is 16.4 Å². The van der Waals surface area contributed by atoms with Crippen molar-refractivity contribution in [2.45, 2.75) is 66.1 Å². The summed E-state index contributed by atoms with van der Waals surface area (Å²) in [4.78, 5) is 0. The molecule has 0 fully saturated rings. The van der Waals surface area contributed by atoms with Gasteiger partial charge in [-0.05, 0) is 43.5 Å². The zero-order valence-electron chi connectivity index (χ0n) is 14.4. The van der Waals surface area contributed by atoms with E-state index in [1.165, 1.54) is 30.4 Å². The lowest BCUT2D eigenvalue weighted by Crippen LogP contribution is -2.30. The third kappa shape index (κ3) is 9.62. The first-order valence-electron chi connectivity index (χ1n) is 8.52. The Morgan fingerprint density at radius 2 is 1.52 bits per heavy atom. The van der Waals surface area contributed by atoms with Crippen LogP contribution in [0.3, 0.4) is 0 Å². The Labute approximate surface area is 131 Å². The minimum absolute atomic E-state index is 0.620. The second-order valence-electron chi connectivity index (χ2n) is 5.02. The summed E-state index contributed by atoms with van der Waals surface area (Å²) in [7, 11) is 0. The molecule has 0 unspecified atom stereocenters. The molecule has 0 aliphatic heterocycles. The molecule has 1 aromatic carbocycles. The molecule has 1 rings (SSSR count). The molecule has 0 spiro atoms. The second-order valence-corrected chi connectivity index (χ2v) is 5.02. The lowest BCUT2D eigenvalue weighted by Gasteiger charge is -2.14. The molecule has 0 saturated heterocycles. The van der Waals surface area contributed by atoms with Gasteiger partial charge in [0.05, 0.1) is 0 Å². The summed E-state index contributed by atoms with van der Waals surface area (Å²) >= 11 is 0. The Morgan fingerprint density at radius 3 is 2.05 bits per heavy atom. The molecule has 3 nitrogen and oxygen atoms in total. The molecule has 1 aromatic rings. The van der Waals surface area contributed by atoms with Crippen molar-refractivity contribution in [2.24, 2.45) is 5.73 Å². The quantitative estimate of drug-likeness (QED) is 0.579. The molecule has 122 valence electrons. The van der Waals surface area contributed by atoms with Crippen LogP contribution in [0.2, 0.25) is 0 Å². The van der Waals surface area contributed by atoms with Gasteiger partial charge in [0.1, 0.15) is 0 Å². The van der Waals surface area contributed by atoms with Gasteiger partial charge in [-0.3, -0.25) is 0 Å². The van der Waals surface area contributed by atoms with Gasteiger partial charge in [0, 0.05) is 19.1 Å². The zero-order chi connectivity index (χ0) is 15.9. The van der Waals surface area contributed by atoms with Crippen molar-refractivity contribution < 1.29 is 0 Å². The molecule has 0 bridgehead atoms. The highest BCUT2D eigenvalue weighted by atomic mass is 14.9. The predicted molar refractivity (Wildman–Crippen MR) is 94.4 cm³/mol. The van der Waals surface area contributed by atoms with Crippen molar-refractivity contribution in [2.75, 3.05) is 13.1 Å². The Morgan fingerprint density at radius 1 is 0.952 bits per heavy atom. The monoisotopic (exact) mass is 293 g/mol. The van der Waals surface area contributed by atoms with Crippen molar-refractivity contribution in [3.8, 4) is 0 Å². The number of hydrogen-bond donors (Lipinski definition) is 3. The van der Waals surface area contributed by atoms with E-state index in [2.05, 4.69) is 48.7 Å². The Hall–Kier alpha value is -0.900. The standard InChI is InChI=1S/C16H29N3.C2H6/c1-3-16(4-2)19-11-5-10-18-13-15-8-6-14(12-17)7-9-15;1-2/h6-9,16,18-19H,3-5,10-13,17H2,1-2H3;1-2H3. The van der Waals surface area contributed by atoms with Crippen LogP contribution in [0.15, 0.2) is 24.3 Å². The molecule has 0 atom stereocenters. The normalized spacial score (nSPS) is 10.4. The molecule has 21 heavy (non-hydrogen) atoms. The predicted octanol–water partition coefficient (Wildman–Crippen LogP) is 3.43. The van der Waals surface area contributed by atoms with E-state index < -0.39 is 0 Å². The van der Waals surface area contributed by atoms with Crippen LogP contribution >= 0.6 is 0 Å². The highest BCUT2D eigenvalue weighted by molar-refractivity contribution is 5.22. The van der Waals surface area contributed by atoms with Crippen LogP contribution in [0.4, 0.5) is 0 Å². The summed E-state index contributed by atoms with van der Waals surface area (Å²) in [6.45, 7) is 12.2. The average Bonchev–Trinajstić information content (AvgIpc) is 2.56. The topological polar surface area (TPSA) is 50.1 Å². The van der Waals surface area contributed by atoms with Crippen LogP contribution in [0.1, 0.15) is 58.1 Å². The number of hydrogen-bond acceptors (Lipinski definition) is 3. The number of benzene rings is 1. The largest absolute Gasteiger partial charge is 0.326 e. The van der Waals surface area contributed by atoms with Crippen molar-refractivity contribution in [1.82, 2.24) is 10.6 Å². The van der Waals surface area contributed by atoms with E-state index in [0.717, 1.165) is 19.6 Å². The fourth-order valence-corrected chi connectivity index (χ4v) is 2.12. The van der Waals surface area contributed by atoms with Crippen molar-refractivity contribution in [3.63, 3.8) is 0 Å². The Bertz CT molecular complexity index is 318. The molecule has 0 heterocycles. The van der Waals surface area contributed by atoms with Crippen LogP contribution in [-0.2, 0) is 13.1 Å². The van der Waals surface area contributed by atoms with Gasteiger partial charge in [0.25, 0.3) is 0 Å². The molecule has 0 aliphatic carbocycles. The van der Waals surface area contributed by atoms with Crippen LogP contribution in [-0.4, -0.2) is 19.1 Å².